The van der Waals surface area contributed by atoms with Crippen LogP contribution in [0.25, 0.3) is 0 Å². The van der Waals surface area contributed by atoms with Gasteiger partial charge >= 0.3 is 18.0 Å². The summed E-state index contributed by atoms with van der Waals surface area (Å²) in [6, 6.07) is -1.03. The lowest BCUT2D eigenvalue weighted by atomic mass is 9.89. The van der Waals surface area contributed by atoms with E-state index in [4.69, 9.17) is 0 Å². The number of amides is 1. The predicted octanol–water partition coefficient (Wildman–Crippen LogP) is 3.25. The van der Waals surface area contributed by atoms with Crippen LogP contribution in [0.2, 0.25) is 0 Å². The molecule has 1 amide bonds. The van der Waals surface area contributed by atoms with Gasteiger partial charge in [-0.05, 0) is 40.0 Å². The number of anilines is 1. The van der Waals surface area contributed by atoms with Crippen LogP contribution in [0.4, 0.5) is 29.3 Å². The van der Waals surface area contributed by atoms with Crippen LogP contribution in [0, 0.1) is 21.2 Å². The third-order valence-corrected chi connectivity index (χ3v) is 5.92. The number of halogens is 3. The molecule has 9 nitrogen and oxygen atoms in total. The van der Waals surface area contributed by atoms with Gasteiger partial charge in [-0.3, -0.25) is 15.0 Å². The molecule has 1 aromatic rings. The summed E-state index contributed by atoms with van der Waals surface area (Å²) in [7, 11) is 0. The molecule has 172 valence electrons. The summed E-state index contributed by atoms with van der Waals surface area (Å²) >= 11 is 0. The topological polar surface area (TPSA) is 114 Å². The maximum Gasteiger partial charge on any atom is 0.408 e. The third kappa shape index (κ3) is 4.33. The maximum absolute atomic E-state index is 13.8. The normalized spacial score (nSPS) is 21.7. The zero-order valence-corrected chi connectivity index (χ0v) is 17.5. The lowest BCUT2D eigenvalue weighted by Crippen LogP contribution is -2.60. The number of hydrogen-bond acceptors (Lipinski definition) is 5. The molecule has 1 saturated heterocycles. The molecule has 1 fully saturated rings. The summed E-state index contributed by atoms with van der Waals surface area (Å²) in [6.45, 7) is 4.10. The molecule has 1 aliphatic heterocycles. The van der Waals surface area contributed by atoms with E-state index in [0.717, 1.165) is 11.1 Å². The summed E-state index contributed by atoms with van der Waals surface area (Å²) in [5, 5.41) is 33.6. The molecular formula is C19H25F3N4O5. The van der Waals surface area contributed by atoms with E-state index in [-0.39, 0.29) is 12.2 Å². The van der Waals surface area contributed by atoms with Crippen molar-refractivity contribution in [3.8, 4) is 0 Å². The van der Waals surface area contributed by atoms with Gasteiger partial charge < -0.3 is 15.2 Å². The molecule has 1 aliphatic carbocycles. The second-order valence-corrected chi connectivity index (χ2v) is 9.08. The van der Waals surface area contributed by atoms with Gasteiger partial charge in [0, 0.05) is 25.0 Å². The highest BCUT2D eigenvalue weighted by atomic mass is 19.4. The molecular weight excluding hydrogens is 421 g/mol. The number of carbonyl (C=O) groups is 1. The molecule has 0 radical (unpaired) electrons. The van der Waals surface area contributed by atoms with Crippen LogP contribution in [0.5, 0.6) is 0 Å². The first-order valence-electron chi connectivity index (χ1n) is 9.98. The number of piperidine rings is 1. The minimum absolute atomic E-state index is 0.00259. The Balaban J connectivity index is 2.14. The van der Waals surface area contributed by atoms with Gasteiger partial charge in [-0.15, -0.1) is 0 Å². The fourth-order valence-electron chi connectivity index (χ4n) is 4.79. The van der Waals surface area contributed by atoms with Crippen LogP contribution < -0.4 is 9.63 Å². The first-order valence-corrected chi connectivity index (χ1v) is 9.98. The van der Waals surface area contributed by atoms with Crippen LogP contribution in [0.3, 0.4) is 0 Å². The predicted molar refractivity (Wildman–Crippen MR) is 104 cm³/mol. The van der Waals surface area contributed by atoms with Gasteiger partial charge in [0.05, 0.1) is 22.4 Å². The van der Waals surface area contributed by atoms with E-state index < -0.39 is 53.3 Å². The smallest absolute Gasteiger partial charge is 0.408 e. The molecule has 2 heterocycles. The Labute approximate surface area is 176 Å². The minimum atomic E-state index is -4.61. The van der Waals surface area contributed by atoms with E-state index in [0.29, 0.717) is 35.3 Å². The Kier molecular flexibility index (Phi) is 5.70. The van der Waals surface area contributed by atoms with Crippen molar-refractivity contribution in [3.05, 3.63) is 32.8 Å². The van der Waals surface area contributed by atoms with Crippen LogP contribution in [-0.4, -0.2) is 51.9 Å². The van der Waals surface area contributed by atoms with Crippen molar-refractivity contribution in [2.75, 3.05) is 18.0 Å². The first-order chi connectivity index (χ1) is 14.2. The van der Waals surface area contributed by atoms with Gasteiger partial charge in [-0.25, -0.2) is 4.79 Å². The van der Waals surface area contributed by atoms with E-state index in [2.05, 4.69) is 0 Å². The SMILES string of the molecule is CC(C)(C)N(C(=O)O)[C@H]1C[C@@H](C(F)(F)F)CN(c2c([N+](=O)[O-])c[n+]([O-])c3c2CCC3)C1. The van der Waals surface area contributed by atoms with Crippen LogP contribution >= 0.6 is 0 Å². The Morgan fingerprint density at radius 1 is 1.29 bits per heavy atom. The summed E-state index contributed by atoms with van der Waals surface area (Å²) < 4.78 is 41.8. The monoisotopic (exact) mass is 446 g/mol. The molecule has 1 N–H and O–H groups in total. The quantitative estimate of drug-likeness (QED) is 0.330. The fourth-order valence-corrected chi connectivity index (χ4v) is 4.79. The van der Waals surface area contributed by atoms with Crippen molar-refractivity contribution < 1.29 is 32.7 Å². The van der Waals surface area contributed by atoms with E-state index >= 15 is 0 Å². The zero-order chi connectivity index (χ0) is 23.3. The van der Waals surface area contributed by atoms with Crippen molar-refractivity contribution in [1.82, 2.24) is 4.90 Å². The molecule has 12 heteroatoms. The van der Waals surface area contributed by atoms with Gasteiger partial charge in [-0.1, -0.05) is 0 Å². The van der Waals surface area contributed by atoms with Crippen LogP contribution in [0.15, 0.2) is 6.20 Å². The Bertz CT molecular complexity index is 900. The molecule has 0 unspecified atom stereocenters. The highest BCUT2D eigenvalue weighted by Crippen LogP contribution is 2.42. The molecule has 0 aromatic carbocycles. The second-order valence-electron chi connectivity index (χ2n) is 9.08. The first kappa shape index (κ1) is 22.9. The zero-order valence-electron chi connectivity index (χ0n) is 17.5. The highest BCUT2D eigenvalue weighted by molar-refractivity contribution is 5.70. The van der Waals surface area contributed by atoms with E-state index in [1.54, 1.807) is 20.8 Å². The third-order valence-electron chi connectivity index (χ3n) is 5.92. The van der Waals surface area contributed by atoms with E-state index in [9.17, 15) is 38.4 Å². The standard InChI is InChI=1S/C19H25F3N4O5/c1-18(2,3)25(17(27)28)12-7-11(19(20,21)22)8-23(9-12)16-13-5-4-6-14(13)24(29)10-15(16)26(30)31/h10-12H,4-9H2,1-3H3,(H,27,28)/t11-,12+/m1/s1. The summed E-state index contributed by atoms with van der Waals surface area (Å²) in [5.74, 6) is -1.87. The Morgan fingerprint density at radius 2 is 1.94 bits per heavy atom. The lowest BCUT2D eigenvalue weighted by Gasteiger charge is -2.47. The van der Waals surface area contributed by atoms with Gasteiger partial charge in [0.15, 0.2) is 5.69 Å². The van der Waals surface area contributed by atoms with Crippen LogP contribution in [-0.2, 0) is 12.8 Å². The highest BCUT2D eigenvalue weighted by Gasteiger charge is 2.49. The van der Waals surface area contributed by atoms with E-state index in [1.807, 2.05) is 0 Å². The Morgan fingerprint density at radius 3 is 2.45 bits per heavy atom. The number of fused-ring (bicyclic) bond motifs is 1. The van der Waals surface area contributed by atoms with Crippen molar-refractivity contribution in [2.45, 2.75) is 64.2 Å². The molecule has 31 heavy (non-hydrogen) atoms. The van der Waals surface area contributed by atoms with Crippen molar-refractivity contribution in [1.29, 1.82) is 0 Å². The van der Waals surface area contributed by atoms with Crippen LogP contribution in [0.1, 0.15) is 44.9 Å². The second kappa shape index (κ2) is 7.72. The molecule has 0 saturated carbocycles. The Hall–Kier alpha value is -2.79. The average molecular weight is 446 g/mol. The number of alkyl halides is 3. The molecule has 3 rings (SSSR count). The lowest BCUT2D eigenvalue weighted by molar-refractivity contribution is -0.617. The minimum Gasteiger partial charge on any atom is -0.618 e. The molecule has 2 aliphatic rings. The van der Waals surface area contributed by atoms with Crippen molar-refractivity contribution in [3.63, 3.8) is 0 Å². The molecule has 0 spiro atoms. The van der Waals surface area contributed by atoms with Gasteiger partial charge in [0.2, 0.25) is 0 Å². The summed E-state index contributed by atoms with van der Waals surface area (Å²) in [4.78, 5) is 25.1. The molecule has 2 atom stereocenters. The molecule has 0 bridgehead atoms. The maximum atomic E-state index is 13.8. The number of pyridine rings is 1. The summed E-state index contributed by atoms with van der Waals surface area (Å²) in [5.41, 5.74) is -0.837. The van der Waals surface area contributed by atoms with Crippen molar-refractivity contribution >= 4 is 17.5 Å². The average Bonchev–Trinajstić information content (AvgIpc) is 3.09. The van der Waals surface area contributed by atoms with Crippen molar-refractivity contribution in [2.24, 2.45) is 5.92 Å². The molecule has 1 aromatic heterocycles. The van der Waals surface area contributed by atoms with Gasteiger partial charge in [0.25, 0.3) is 6.20 Å². The van der Waals surface area contributed by atoms with Gasteiger partial charge in [0.1, 0.15) is 5.69 Å². The van der Waals surface area contributed by atoms with Gasteiger partial charge in [-0.2, -0.15) is 17.9 Å². The number of nitro groups is 1. The largest absolute Gasteiger partial charge is 0.618 e. The number of aromatic nitrogens is 1. The fraction of sp³-hybridized carbons (Fsp3) is 0.684. The van der Waals surface area contributed by atoms with E-state index in [1.165, 1.54) is 4.90 Å². The summed E-state index contributed by atoms with van der Waals surface area (Å²) in [6.07, 6.45) is -4.32. The number of nitrogens with zero attached hydrogens (tertiary/aromatic N) is 4. The number of carboxylic acid groups (broad SMARTS) is 1. The number of hydrogen-bond donors (Lipinski definition) is 1. The number of rotatable bonds is 3.